The van der Waals surface area contributed by atoms with Crippen LogP contribution in [0.3, 0.4) is 0 Å². The maximum Gasteiger partial charge on any atom is 0.159 e. The summed E-state index contributed by atoms with van der Waals surface area (Å²) in [6.45, 7) is 8.38. The Balaban J connectivity index is 2.74. The van der Waals surface area contributed by atoms with Gasteiger partial charge in [-0.05, 0) is 19.8 Å². The zero-order valence-electron chi connectivity index (χ0n) is 10.4. The number of hydrogen-bond acceptors (Lipinski definition) is 4. The van der Waals surface area contributed by atoms with Gasteiger partial charge in [-0.2, -0.15) is 5.10 Å². The smallest absolute Gasteiger partial charge is 0.159 e. The minimum absolute atomic E-state index is 0.0227. The van der Waals surface area contributed by atoms with Gasteiger partial charge in [0.1, 0.15) is 12.2 Å². The summed E-state index contributed by atoms with van der Waals surface area (Å²) in [6, 6.07) is 0. The molecule has 0 radical (unpaired) electrons. The van der Waals surface area contributed by atoms with Crippen LogP contribution in [0.25, 0.3) is 0 Å². The van der Waals surface area contributed by atoms with Gasteiger partial charge in [0.25, 0.3) is 0 Å². The molecule has 0 aliphatic carbocycles. The van der Waals surface area contributed by atoms with E-state index in [1.54, 1.807) is 18.5 Å². The molecule has 16 heavy (non-hydrogen) atoms. The Morgan fingerprint density at radius 1 is 1.56 bits per heavy atom. The summed E-state index contributed by atoms with van der Waals surface area (Å²) >= 11 is 0. The van der Waals surface area contributed by atoms with E-state index in [-0.39, 0.29) is 12.2 Å². The zero-order valence-corrected chi connectivity index (χ0v) is 10.4. The van der Waals surface area contributed by atoms with Crippen LogP contribution in [-0.2, 0) is 17.8 Å². The normalized spacial score (nSPS) is 12.1. The van der Waals surface area contributed by atoms with Crippen LogP contribution in [0.15, 0.2) is 6.33 Å². The third kappa shape index (κ3) is 3.41. The Labute approximate surface area is 96.0 Å². The molecule has 5 nitrogen and oxygen atoms in total. The second-order valence-corrected chi connectivity index (χ2v) is 5.07. The van der Waals surface area contributed by atoms with E-state index in [0.717, 1.165) is 6.54 Å². The predicted octanol–water partition coefficient (Wildman–Crippen LogP) is 0.783. The highest BCUT2D eigenvalue weighted by Gasteiger charge is 2.23. The molecule has 0 spiro atoms. The average molecular weight is 224 g/mol. The lowest BCUT2D eigenvalue weighted by Gasteiger charge is -2.16. The Hall–Kier alpha value is -1.23. The number of rotatable bonds is 5. The van der Waals surface area contributed by atoms with Crippen molar-refractivity contribution in [2.45, 2.75) is 46.2 Å². The molecule has 1 aromatic rings. The van der Waals surface area contributed by atoms with Gasteiger partial charge in [-0.25, -0.2) is 9.67 Å². The lowest BCUT2D eigenvalue weighted by atomic mass is 9.98. The Morgan fingerprint density at radius 3 is 2.69 bits per heavy atom. The Morgan fingerprint density at radius 2 is 2.19 bits per heavy atom. The van der Waals surface area contributed by atoms with Crippen LogP contribution < -0.4 is 5.73 Å². The number of nitrogens with two attached hydrogens (primary N) is 1. The maximum atomic E-state index is 11.8. The van der Waals surface area contributed by atoms with E-state index in [1.165, 1.54) is 6.33 Å². The van der Waals surface area contributed by atoms with Gasteiger partial charge in [0.15, 0.2) is 5.78 Å². The molecule has 5 heteroatoms. The van der Waals surface area contributed by atoms with Gasteiger partial charge >= 0.3 is 0 Å². The van der Waals surface area contributed by atoms with Crippen LogP contribution in [0.1, 0.15) is 33.5 Å². The topological polar surface area (TPSA) is 73.8 Å². The van der Waals surface area contributed by atoms with E-state index >= 15 is 0 Å². The lowest BCUT2D eigenvalue weighted by molar-refractivity contribution is -0.122. The Bertz CT molecular complexity index is 362. The highest BCUT2D eigenvalue weighted by molar-refractivity contribution is 5.88. The summed E-state index contributed by atoms with van der Waals surface area (Å²) in [4.78, 5) is 15.9. The first kappa shape index (κ1) is 12.8. The van der Waals surface area contributed by atoms with Crippen molar-refractivity contribution in [2.75, 3.05) is 0 Å². The fourth-order valence-corrected chi connectivity index (χ4v) is 1.29. The summed E-state index contributed by atoms with van der Waals surface area (Å²) in [5.41, 5.74) is 4.93. The second-order valence-electron chi connectivity index (χ2n) is 5.07. The van der Waals surface area contributed by atoms with Gasteiger partial charge in [0, 0.05) is 6.54 Å². The number of Topliss-reactive ketones (excluding diaryl/α,β-unsaturated/α-hetero) is 1. The number of nitrogens with zero attached hydrogens (tertiary/aromatic N) is 3. The quantitative estimate of drug-likeness (QED) is 0.802. The number of hydrogen-bond donors (Lipinski definition) is 1. The summed E-state index contributed by atoms with van der Waals surface area (Å²) in [7, 11) is 0. The third-order valence-corrected chi connectivity index (χ3v) is 2.27. The van der Waals surface area contributed by atoms with Crippen LogP contribution in [0.2, 0.25) is 0 Å². The molecule has 0 unspecified atom stereocenters. The molecule has 0 aliphatic heterocycles. The molecule has 0 saturated carbocycles. The van der Waals surface area contributed by atoms with E-state index in [0.29, 0.717) is 11.7 Å². The van der Waals surface area contributed by atoms with Gasteiger partial charge in [0.05, 0.1) is 12.0 Å². The minimum Gasteiger partial charge on any atom is -0.319 e. The summed E-state index contributed by atoms with van der Waals surface area (Å²) in [5, 5.41) is 4.10. The van der Waals surface area contributed by atoms with Crippen molar-refractivity contribution in [1.29, 1.82) is 0 Å². The van der Waals surface area contributed by atoms with Crippen LogP contribution in [0.5, 0.6) is 0 Å². The molecule has 0 aromatic carbocycles. The highest BCUT2D eigenvalue weighted by atomic mass is 16.1. The third-order valence-electron chi connectivity index (χ3n) is 2.27. The molecule has 1 heterocycles. The first-order valence-corrected chi connectivity index (χ1v) is 5.49. The van der Waals surface area contributed by atoms with Crippen molar-refractivity contribution in [2.24, 2.45) is 11.7 Å². The van der Waals surface area contributed by atoms with Gasteiger partial charge in [-0.15, -0.1) is 0 Å². The molecule has 1 aromatic heterocycles. The van der Waals surface area contributed by atoms with Crippen molar-refractivity contribution >= 4 is 5.78 Å². The maximum absolute atomic E-state index is 11.8. The zero-order chi connectivity index (χ0) is 12.3. The van der Waals surface area contributed by atoms with Crippen molar-refractivity contribution in [3.8, 4) is 0 Å². The molecule has 0 amide bonds. The standard InChI is InChI=1S/C11H20N4O/c1-8(2)6-15-10(13-7-14-15)5-9(16)11(3,4)12/h7-8H,5-6,12H2,1-4H3. The highest BCUT2D eigenvalue weighted by Crippen LogP contribution is 2.07. The molecule has 2 N–H and O–H groups in total. The SMILES string of the molecule is CC(C)Cn1ncnc1CC(=O)C(C)(C)N. The lowest BCUT2D eigenvalue weighted by Crippen LogP contribution is -2.42. The molecule has 0 aliphatic rings. The second kappa shape index (κ2) is 4.74. The summed E-state index contributed by atoms with van der Waals surface area (Å²) < 4.78 is 1.77. The van der Waals surface area contributed by atoms with Crippen LogP contribution >= 0.6 is 0 Å². The molecular weight excluding hydrogens is 204 g/mol. The van der Waals surface area contributed by atoms with E-state index in [2.05, 4.69) is 23.9 Å². The predicted molar refractivity (Wildman–Crippen MR) is 61.8 cm³/mol. The van der Waals surface area contributed by atoms with Crippen LogP contribution in [0.4, 0.5) is 0 Å². The molecule has 0 saturated heterocycles. The number of ketones is 1. The van der Waals surface area contributed by atoms with Crippen molar-refractivity contribution in [1.82, 2.24) is 14.8 Å². The summed E-state index contributed by atoms with van der Waals surface area (Å²) in [6.07, 6.45) is 1.73. The average Bonchev–Trinajstić information content (AvgIpc) is 2.50. The fourth-order valence-electron chi connectivity index (χ4n) is 1.29. The monoisotopic (exact) mass is 224 g/mol. The van der Waals surface area contributed by atoms with Gasteiger partial charge in [-0.1, -0.05) is 13.8 Å². The summed E-state index contributed by atoms with van der Waals surface area (Å²) in [5.74, 6) is 1.14. The van der Waals surface area contributed by atoms with Crippen molar-refractivity contribution in [3.63, 3.8) is 0 Å². The van der Waals surface area contributed by atoms with Crippen molar-refractivity contribution in [3.05, 3.63) is 12.2 Å². The Kier molecular flexibility index (Phi) is 3.80. The largest absolute Gasteiger partial charge is 0.319 e. The molecule has 0 atom stereocenters. The van der Waals surface area contributed by atoms with E-state index in [9.17, 15) is 4.79 Å². The number of carbonyl (C=O) groups is 1. The minimum atomic E-state index is -0.811. The van der Waals surface area contributed by atoms with Gasteiger partial charge in [-0.3, -0.25) is 4.79 Å². The first-order valence-electron chi connectivity index (χ1n) is 5.49. The van der Waals surface area contributed by atoms with E-state index in [4.69, 9.17) is 5.73 Å². The van der Waals surface area contributed by atoms with E-state index in [1.807, 2.05) is 0 Å². The van der Waals surface area contributed by atoms with E-state index < -0.39 is 5.54 Å². The molecular formula is C11H20N4O. The number of carbonyl (C=O) groups excluding carboxylic acids is 1. The molecule has 0 bridgehead atoms. The van der Waals surface area contributed by atoms with Gasteiger partial charge < -0.3 is 5.73 Å². The van der Waals surface area contributed by atoms with Crippen molar-refractivity contribution < 1.29 is 4.79 Å². The molecule has 90 valence electrons. The van der Waals surface area contributed by atoms with Crippen LogP contribution in [0, 0.1) is 5.92 Å². The fraction of sp³-hybridized carbons (Fsp3) is 0.727. The number of aromatic nitrogens is 3. The first-order chi connectivity index (χ1) is 7.30. The van der Waals surface area contributed by atoms with Gasteiger partial charge in [0.2, 0.25) is 0 Å². The molecule has 0 fully saturated rings. The van der Waals surface area contributed by atoms with Crippen LogP contribution in [-0.4, -0.2) is 26.1 Å². The molecule has 1 rings (SSSR count).